The second-order valence-corrected chi connectivity index (χ2v) is 7.39. The molecule has 1 heterocycles. The zero-order chi connectivity index (χ0) is 15.4. The van der Waals surface area contributed by atoms with Crippen molar-refractivity contribution in [1.29, 1.82) is 0 Å². The lowest BCUT2D eigenvalue weighted by Gasteiger charge is -2.26. The first-order valence-electron chi connectivity index (χ1n) is 7.49. The van der Waals surface area contributed by atoms with Crippen LogP contribution in [0.2, 0.25) is 0 Å². The fourth-order valence-electron chi connectivity index (χ4n) is 2.72. The van der Waals surface area contributed by atoms with E-state index in [0.29, 0.717) is 5.56 Å². The van der Waals surface area contributed by atoms with Crippen LogP contribution in [-0.2, 0) is 9.53 Å². The maximum Gasteiger partial charge on any atom is 0.339 e. The molecular formula is C16H23NO3S. The number of amides is 1. The third-order valence-corrected chi connectivity index (χ3v) is 4.94. The summed E-state index contributed by atoms with van der Waals surface area (Å²) in [4.78, 5) is 25.8. The highest BCUT2D eigenvalue weighted by atomic mass is 32.1. The smallest absolute Gasteiger partial charge is 0.339 e. The summed E-state index contributed by atoms with van der Waals surface area (Å²) in [5, 5.41) is 2.95. The minimum atomic E-state index is -0.413. The van der Waals surface area contributed by atoms with Gasteiger partial charge in [-0.3, -0.25) is 4.79 Å². The average Bonchev–Trinajstić information content (AvgIpc) is 2.78. The van der Waals surface area contributed by atoms with Gasteiger partial charge < -0.3 is 10.1 Å². The summed E-state index contributed by atoms with van der Waals surface area (Å²) < 4.78 is 5.10. The van der Waals surface area contributed by atoms with Crippen LogP contribution in [0.15, 0.2) is 6.07 Å². The SMILES string of the molecule is Cc1cc(C(=O)OCC(=O)NC2CCC(C)CC2)c(C)s1. The normalized spacial score (nSPS) is 21.9. The van der Waals surface area contributed by atoms with Gasteiger partial charge in [-0.2, -0.15) is 0 Å². The fourth-order valence-corrected chi connectivity index (χ4v) is 3.63. The molecule has 1 aliphatic rings. The first-order chi connectivity index (χ1) is 9.95. The summed E-state index contributed by atoms with van der Waals surface area (Å²) in [5.41, 5.74) is 0.566. The van der Waals surface area contributed by atoms with E-state index in [2.05, 4.69) is 12.2 Å². The number of carbonyl (C=O) groups is 2. The molecule has 1 amide bonds. The molecule has 2 rings (SSSR count). The molecule has 1 aromatic rings. The van der Waals surface area contributed by atoms with Crippen LogP contribution in [0.3, 0.4) is 0 Å². The van der Waals surface area contributed by atoms with Gasteiger partial charge >= 0.3 is 5.97 Å². The molecule has 0 atom stereocenters. The van der Waals surface area contributed by atoms with Gasteiger partial charge in [-0.25, -0.2) is 4.79 Å². The van der Waals surface area contributed by atoms with Crippen molar-refractivity contribution in [3.8, 4) is 0 Å². The van der Waals surface area contributed by atoms with E-state index in [4.69, 9.17) is 4.74 Å². The third-order valence-electron chi connectivity index (χ3n) is 3.98. The lowest BCUT2D eigenvalue weighted by molar-refractivity contribution is -0.125. The van der Waals surface area contributed by atoms with Crippen LogP contribution in [0.5, 0.6) is 0 Å². The summed E-state index contributed by atoms with van der Waals surface area (Å²) in [6.07, 6.45) is 4.34. The number of aryl methyl sites for hydroxylation is 2. The molecule has 1 fully saturated rings. The number of esters is 1. The molecule has 116 valence electrons. The summed E-state index contributed by atoms with van der Waals surface area (Å²) in [7, 11) is 0. The highest BCUT2D eigenvalue weighted by Gasteiger charge is 2.21. The second-order valence-electron chi connectivity index (χ2n) is 5.93. The number of nitrogens with one attached hydrogen (secondary N) is 1. The van der Waals surface area contributed by atoms with Crippen LogP contribution < -0.4 is 5.32 Å². The molecule has 0 bridgehead atoms. The first kappa shape index (κ1) is 16.0. The van der Waals surface area contributed by atoms with E-state index >= 15 is 0 Å². The highest BCUT2D eigenvalue weighted by Crippen LogP contribution is 2.23. The van der Waals surface area contributed by atoms with Gasteiger partial charge in [0.05, 0.1) is 5.56 Å². The summed E-state index contributed by atoms with van der Waals surface area (Å²) in [6.45, 7) is 5.88. The van der Waals surface area contributed by atoms with Crippen LogP contribution in [0, 0.1) is 19.8 Å². The van der Waals surface area contributed by atoms with Crippen molar-refractivity contribution in [2.24, 2.45) is 5.92 Å². The van der Waals surface area contributed by atoms with Crippen molar-refractivity contribution < 1.29 is 14.3 Å². The number of hydrogen-bond donors (Lipinski definition) is 1. The Morgan fingerprint density at radius 3 is 2.52 bits per heavy atom. The Balaban J connectivity index is 1.76. The van der Waals surface area contributed by atoms with E-state index in [0.717, 1.165) is 41.4 Å². The highest BCUT2D eigenvalue weighted by molar-refractivity contribution is 7.12. The number of rotatable bonds is 4. The van der Waals surface area contributed by atoms with E-state index in [9.17, 15) is 9.59 Å². The molecule has 0 spiro atoms. The molecule has 0 unspecified atom stereocenters. The second kappa shape index (κ2) is 7.07. The monoisotopic (exact) mass is 309 g/mol. The molecule has 0 radical (unpaired) electrons. The summed E-state index contributed by atoms with van der Waals surface area (Å²) >= 11 is 1.56. The largest absolute Gasteiger partial charge is 0.452 e. The van der Waals surface area contributed by atoms with E-state index in [1.165, 1.54) is 0 Å². The maximum atomic E-state index is 11.9. The van der Waals surface area contributed by atoms with Crippen LogP contribution in [0.4, 0.5) is 0 Å². The molecule has 1 saturated carbocycles. The van der Waals surface area contributed by atoms with Crippen molar-refractivity contribution in [2.75, 3.05) is 6.61 Å². The lowest BCUT2D eigenvalue weighted by atomic mass is 9.87. The quantitative estimate of drug-likeness (QED) is 0.869. The van der Waals surface area contributed by atoms with E-state index in [1.807, 2.05) is 19.9 Å². The predicted molar refractivity (Wildman–Crippen MR) is 83.6 cm³/mol. The van der Waals surface area contributed by atoms with Crippen LogP contribution in [0.1, 0.15) is 52.7 Å². The zero-order valence-electron chi connectivity index (χ0n) is 12.9. The Kier molecular flexibility index (Phi) is 5.39. The molecule has 0 aliphatic heterocycles. The minimum absolute atomic E-state index is 0.195. The first-order valence-corrected chi connectivity index (χ1v) is 8.31. The van der Waals surface area contributed by atoms with Gasteiger partial charge in [0.1, 0.15) is 0 Å². The number of carbonyl (C=O) groups excluding carboxylic acids is 2. The van der Waals surface area contributed by atoms with Gasteiger partial charge in [-0.05, 0) is 51.5 Å². The molecule has 4 nitrogen and oxygen atoms in total. The van der Waals surface area contributed by atoms with Crippen molar-refractivity contribution in [2.45, 2.75) is 52.5 Å². The summed E-state index contributed by atoms with van der Waals surface area (Å²) in [5.74, 6) is 0.137. The standard InChI is InChI=1S/C16H23NO3S/c1-10-4-6-13(7-5-10)17-15(18)9-20-16(19)14-8-11(2)21-12(14)3/h8,10,13H,4-7,9H2,1-3H3,(H,17,18). The minimum Gasteiger partial charge on any atom is -0.452 e. The van der Waals surface area contributed by atoms with Gasteiger partial charge in [0.2, 0.25) is 0 Å². The Bertz CT molecular complexity index is 516. The van der Waals surface area contributed by atoms with Crippen LogP contribution in [-0.4, -0.2) is 24.5 Å². The maximum absolute atomic E-state index is 11.9. The Hall–Kier alpha value is -1.36. The Morgan fingerprint density at radius 1 is 1.29 bits per heavy atom. The van der Waals surface area contributed by atoms with Crippen LogP contribution >= 0.6 is 11.3 Å². The lowest BCUT2D eigenvalue weighted by Crippen LogP contribution is -2.39. The van der Waals surface area contributed by atoms with Crippen LogP contribution in [0.25, 0.3) is 0 Å². The van der Waals surface area contributed by atoms with Gasteiger partial charge in [-0.15, -0.1) is 11.3 Å². The topological polar surface area (TPSA) is 55.4 Å². The number of ether oxygens (including phenoxy) is 1. The molecule has 1 aliphatic carbocycles. The fraction of sp³-hybridized carbons (Fsp3) is 0.625. The van der Waals surface area contributed by atoms with Gasteiger partial charge in [-0.1, -0.05) is 6.92 Å². The van der Waals surface area contributed by atoms with Crippen molar-refractivity contribution >= 4 is 23.2 Å². The van der Waals surface area contributed by atoms with E-state index in [-0.39, 0.29) is 18.6 Å². The van der Waals surface area contributed by atoms with Gasteiger partial charge in [0.25, 0.3) is 5.91 Å². The molecular weight excluding hydrogens is 286 g/mol. The van der Waals surface area contributed by atoms with E-state index < -0.39 is 5.97 Å². The van der Waals surface area contributed by atoms with Crippen molar-refractivity contribution in [3.05, 3.63) is 21.4 Å². The Labute approximate surface area is 129 Å². The molecule has 21 heavy (non-hydrogen) atoms. The van der Waals surface area contributed by atoms with E-state index in [1.54, 1.807) is 11.3 Å². The van der Waals surface area contributed by atoms with Gasteiger partial charge in [0, 0.05) is 15.8 Å². The molecule has 5 heteroatoms. The Morgan fingerprint density at radius 2 is 1.95 bits per heavy atom. The average molecular weight is 309 g/mol. The zero-order valence-corrected chi connectivity index (χ0v) is 13.7. The van der Waals surface area contributed by atoms with Crippen molar-refractivity contribution in [3.63, 3.8) is 0 Å². The predicted octanol–water partition coefficient (Wildman–Crippen LogP) is 3.22. The van der Waals surface area contributed by atoms with Gasteiger partial charge in [0.15, 0.2) is 6.61 Å². The van der Waals surface area contributed by atoms with Crippen molar-refractivity contribution in [1.82, 2.24) is 5.32 Å². The molecule has 1 aromatic heterocycles. The third kappa shape index (κ3) is 4.56. The molecule has 0 aromatic carbocycles. The summed E-state index contributed by atoms with van der Waals surface area (Å²) in [6, 6.07) is 2.04. The molecule has 1 N–H and O–H groups in total. The molecule has 0 saturated heterocycles. The number of thiophene rings is 1. The number of hydrogen-bond acceptors (Lipinski definition) is 4.